The molecule has 0 aliphatic carbocycles. The average molecular weight is 296 g/mol. The van der Waals surface area contributed by atoms with Crippen molar-refractivity contribution in [3.63, 3.8) is 0 Å². The molecule has 4 N–H and O–H groups in total. The molecule has 0 saturated carbocycles. The Bertz CT molecular complexity index is 475. The van der Waals surface area contributed by atoms with Crippen LogP contribution in [0.2, 0.25) is 0 Å². The number of hydrogen-bond donors (Lipinski definition) is 3. The summed E-state index contributed by atoms with van der Waals surface area (Å²) in [5.74, 6) is 2.18. The molecule has 1 aromatic rings. The number of nitrogens with one attached hydrogen (secondary N) is 1. The lowest BCUT2D eigenvalue weighted by atomic mass is 10.3. The smallest absolute Gasteiger partial charge is 0.169 e. The van der Waals surface area contributed by atoms with E-state index in [4.69, 9.17) is 23.1 Å². The average Bonchev–Trinajstić information content (AvgIpc) is 2.38. The predicted molar refractivity (Wildman–Crippen MR) is 82.9 cm³/mol. The number of anilines is 2. The molecule has 8 heteroatoms. The van der Waals surface area contributed by atoms with Crippen LogP contribution in [-0.2, 0) is 0 Å². The van der Waals surface area contributed by atoms with E-state index in [1.54, 1.807) is 0 Å². The fourth-order valence-corrected chi connectivity index (χ4v) is 2.35. The molecular weight excluding hydrogens is 276 g/mol. The molecule has 0 amide bonds. The van der Waals surface area contributed by atoms with Gasteiger partial charge in [-0.15, -0.1) is 0 Å². The van der Waals surface area contributed by atoms with E-state index in [1.807, 2.05) is 13.0 Å². The number of aryl methyl sites for hydroxylation is 1. The second kappa shape index (κ2) is 6.78. The van der Waals surface area contributed by atoms with E-state index in [1.165, 1.54) is 0 Å². The first-order valence-electron chi connectivity index (χ1n) is 6.59. The first kappa shape index (κ1) is 14.9. The fraction of sp³-hybridized carbons (Fsp3) is 0.583. The van der Waals surface area contributed by atoms with Crippen LogP contribution in [0.1, 0.15) is 5.82 Å². The van der Waals surface area contributed by atoms with Gasteiger partial charge in [-0.05, 0) is 19.1 Å². The largest absolute Gasteiger partial charge is 0.395 e. The minimum atomic E-state index is 0.196. The highest BCUT2D eigenvalue weighted by Crippen LogP contribution is 2.17. The van der Waals surface area contributed by atoms with E-state index in [0.29, 0.717) is 11.6 Å². The second-order valence-corrected chi connectivity index (χ2v) is 5.14. The Labute approximate surface area is 123 Å². The standard InChI is InChI=1S/C12H20N6OS/c1-9-14-10(16-12(13)20)8-11(15-9)18-4-2-17(3-5-18)6-7-19/h8,19H,2-7H2,1H3,(H3,13,14,15,16,20). The Hall–Kier alpha value is -1.51. The highest BCUT2D eigenvalue weighted by molar-refractivity contribution is 7.80. The molecule has 110 valence electrons. The van der Waals surface area contributed by atoms with Crippen LogP contribution < -0.4 is 16.0 Å². The van der Waals surface area contributed by atoms with Crippen molar-refractivity contribution in [3.05, 3.63) is 11.9 Å². The Morgan fingerprint density at radius 3 is 2.70 bits per heavy atom. The molecule has 1 aliphatic rings. The molecule has 7 nitrogen and oxygen atoms in total. The topological polar surface area (TPSA) is 90.5 Å². The number of hydrogen-bond acceptors (Lipinski definition) is 6. The first-order chi connectivity index (χ1) is 9.58. The molecule has 0 unspecified atom stereocenters. The first-order valence-corrected chi connectivity index (χ1v) is 6.99. The minimum absolute atomic E-state index is 0.196. The van der Waals surface area contributed by atoms with E-state index >= 15 is 0 Å². The van der Waals surface area contributed by atoms with Crippen LogP contribution in [0.5, 0.6) is 0 Å². The number of aromatic nitrogens is 2. The van der Waals surface area contributed by atoms with Crippen molar-refractivity contribution in [2.45, 2.75) is 6.92 Å². The van der Waals surface area contributed by atoms with E-state index in [9.17, 15) is 0 Å². The third-order valence-corrected chi connectivity index (χ3v) is 3.29. The molecule has 0 spiro atoms. The summed E-state index contributed by atoms with van der Waals surface area (Å²) in [5, 5.41) is 12.0. The summed E-state index contributed by atoms with van der Waals surface area (Å²) in [7, 11) is 0. The van der Waals surface area contributed by atoms with Gasteiger partial charge in [0, 0.05) is 38.8 Å². The molecule has 0 radical (unpaired) electrons. The van der Waals surface area contributed by atoms with E-state index in [0.717, 1.165) is 38.5 Å². The SMILES string of the molecule is Cc1nc(NC(N)=S)cc(N2CCN(CCO)CC2)n1. The fourth-order valence-electron chi connectivity index (χ4n) is 2.25. The molecule has 0 aromatic carbocycles. The molecule has 20 heavy (non-hydrogen) atoms. The number of thiocarbonyl (C=S) groups is 1. The lowest BCUT2D eigenvalue weighted by Crippen LogP contribution is -2.47. The summed E-state index contributed by atoms with van der Waals surface area (Å²) < 4.78 is 0. The number of β-amino-alcohol motifs (C(OH)–C–C–N with tert-alkyl or cyclic N) is 1. The van der Waals surface area contributed by atoms with Gasteiger partial charge < -0.3 is 21.1 Å². The van der Waals surface area contributed by atoms with Gasteiger partial charge in [0.2, 0.25) is 0 Å². The van der Waals surface area contributed by atoms with Crippen molar-refractivity contribution < 1.29 is 5.11 Å². The van der Waals surface area contributed by atoms with Crippen LogP contribution in [0.4, 0.5) is 11.6 Å². The molecule has 1 saturated heterocycles. The lowest BCUT2D eigenvalue weighted by Gasteiger charge is -2.35. The van der Waals surface area contributed by atoms with Crippen molar-refractivity contribution >= 4 is 29.0 Å². The number of aliphatic hydroxyl groups excluding tert-OH is 1. The van der Waals surface area contributed by atoms with Gasteiger partial charge in [0.1, 0.15) is 17.5 Å². The third-order valence-electron chi connectivity index (χ3n) is 3.19. The Balaban J connectivity index is 2.05. The monoisotopic (exact) mass is 296 g/mol. The third kappa shape index (κ3) is 3.99. The van der Waals surface area contributed by atoms with E-state index in [-0.39, 0.29) is 11.7 Å². The van der Waals surface area contributed by atoms with Crippen molar-refractivity contribution in [2.75, 3.05) is 49.5 Å². The van der Waals surface area contributed by atoms with Crippen LogP contribution in [0.25, 0.3) is 0 Å². The molecule has 0 bridgehead atoms. The van der Waals surface area contributed by atoms with Gasteiger partial charge in [0.05, 0.1) is 6.61 Å². The molecular formula is C12H20N6OS. The van der Waals surface area contributed by atoms with Gasteiger partial charge in [0.15, 0.2) is 5.11 Å². The number of aliphatic hydroxyl groups is 1. The zero-order valence-electron chi connectivity index (χ0n) is 11.5. The lowest BCUT2D eigenvalue weighted by molar-refractivity contribution is 0.188. The second-order valence-electron chi connectivity index (χ2n) is 4.70. The summed E-state index contributed by atoms with van der Waals surface area (Å²) in [5.41, 5.74) is 5.47. The van der Waals surface area contributed by atoms with Crippen molar-refractivity contribution in [1.82, 2.24) is 14.9 Å². The molecule has 2 heterocycles. The van der Waals surface area contributed by atoms with Gasteiger partial charge in [0.25, 0.3) is 0 Å². The van der Waals surface area contributed by atoms with Crippen molar-refractivity contribution in [1.29, 1.82) is 0 Å². The zero-order chi connectivity index (χ0) is 14.5. The van der Waals surface area contributed by atoms with Crippen molar-refractivity contribution in [2.24, 2.45) is 5.73 Å². The van der Waals surface area contributed by atoms with Gasteiger partial charge in [-0.25, -0.2) is 9.97 Å². The maximum atomic E-state index is 8.95. The summed E-state index contributed by atoms with van der Waals surface area (Å²) in [4.78, 5) is 13.1. The van der Waals surface area contributed by atoms with Crippen LogP contribution in [0, 0.1) is 6.92 Å². The Kier molecular flexibility index (Phi) is 5.05. The van der Waals surface area contributed by atoms with Crippen LogP contribution in [0.3, 0.4) is 0 Å². The summed E-state index contributed by atoms with van der Waals surface area (Å²) in [6.07, 6.45) is 0. The highest BCUT2D eigenvalue weighted by atomic mass is 32.1. The number of nitrogens with zero attached hydrogens (tertiary/aromatic N) is 4. The summed E-state index contributed by atoms with van der Waals surface area (Å²) >= 11 is 4.83. The normalized spacial score (nSPS) is 16.2. The number of rotatable bonds is 4. The Morgan fingerprint density at radius 1 is 1.40 bits per heavy atom. The summed E-state index contributed by atoms with van der Waals surface area (Å²) in [6, 6.07) is 1.86. The summed E-state index contributed by atoms with van der Waals surface area (Å²) in [6.45, 7) is 6.37. The minimum Gasteiger partial charge on any atom is -0.395 e. The maximum absolute atomic E-state index is 8.95. The van der Waals surface area contributed by atoms with Crippen LogP contribution >= 0.6 is 12.2 Å². The van der Waals surface area contributed by atoms with E-state index < -0.39 is 0 Å². The van der Waals surface area contributed by atoms with E-state index in [2.05, 4.69) is 25.1 Å². The molecule has 1 aliphatic heterocycles. The molecule has 1 fully saturated rings. The van der Waals surface area contributed by atoms with Crippen LogP contribution in [0.15, 0.2) is 6.07 Å². The molecule has 0 atom stereocenters. The highest BCUT2D eigenvalue weighted by Gasteiger charge is 2.18. The van der Waals surface area contributed by atoms with Gasteiger partial charge in [-0.3, -0.25) is 4.90 Å². The quantitative estimate of drug-likeness (QED) is 0.644. The maximum Gasteiger partial charge on any atom is 0.169 e. The predicted octanol–water partition coefficient (Wildman–Crippen LogP) is -0.445. The number of piperazine rings is 1. The van der Waals surface area contributed by atoms with Gasteiger partial charge in [-0.2, -0.15) is 0 Å². The van der Waals surface area contributed by atoms with Gasteiger partial charge in [-0.1, -0.05) is 0 Å². The Morgan fingerprint density at radius 2 is 2.10 bits per heavy atom. The van der Waals surface area contributed by atoms with Crippen molar-refractivity contribution in [3.8, 4) is 0 Å². The number of nitrogens with two attached hydrogens (primary N) is 1. The van der Waals surface area contributed by atoms with Gasteiger partial charge >= 0.3 is 0 Å². The molecule has 1 aromatic heterocycles. The van der Waals surface area contributed by atoms with Crippen LogP contribution in [-0.4, -0.2) is 64.4 Å². The zero-order valence-corrected chi connectivity index (χ0v) is 12.4. The molecule has 2 rings (SSSR count).